The van der Waals surface area contributed by atoms with Gasteiger partial charge in [-0.15, -0.1) is 11.8 Å². The molecule has 0 fully saturated rings. The Morgan fingerprint density at radius 2 is 2.00 bits per heavy atom. The van der Waals surface area contributed by atoms with Gasteiger partial charge in [0.05, 0.1) is 17.8 Å². The minimum Gasteiger partial charge on any atom is -0.452 e. The molecule has 0 N–H and O–H groups in total. The fourth-order valence-corrected chi connectivity index (χ4v) is 6.54. The summed E-state index contributed by atoms with van der Waals surface area (Å²) in [7, 11) is 0. The maximum Gasteiger partial charge on any atom is 0.338 e. The first kappa shape index (κ1) is 22.3. The van der Waals surface area contributed by atoms with Gasteiger partial charge in [-0.3, -0.25) is 9.79 Å². The quantitative estimate of drug-likeness (QED) is 0.565. The van der Waals surface area contributed by atoms with E-state index in [1.807, 2.05) is 42.5 Å². The molecule has 31 heavy (non-hydrogen) atoms. The molecule has 0 radical (unpaired) electrons. The molecule has 0 saturated carbocycles. The predicted molar refractivity (Wildman–Crippen MR) is 132 cm³/mol. The highest BCUT2D eigenvalue weighted by atomic mass is 32.2. The lowest BCUT2D eigenvalue weighted by Gasteiger charge is -2.22. The van der Waals surface area contributed by atoms with Crippen LogP contribution in [0.25, 0.3) is 0 Å². The number of carbonyl (C=O) groups is 2. The molecule has 1 atom stereocenters. The molecule has 2 aromatic rings. The Morgan fingerprint density at radius 3 is 2.84 bits per heavy atom. The van der Waals surface area contributed by atoms with E-state index in [1.165, 1.54) is 0 Å². The number of thioether (sulfide) groups is 3. The second-order valence-corrected chi connectivity index (χ2v) is 11.0. The third-order valence-corrected chi connectivity index (χ3v) is 8.56. The number of hydrogen-bond acceptors (Lipinski definition) is 7. The summed E-state index contributed by atoms with van der Waals surface area (Å²) in [6.07, 6.45) is 0.890. The van der Waals surface area contributed by atoms with E-state index in [0.717, 1.165) is 39.2 Å². The van der Waals surface area contributed by atoms with Crippen LogP contribution in [-0.4, -0.2) is 47.0 Å². The molecule has 1 amide bonds. The van der Waals surface area contributed by atoms with Crippen molar-refractivity contribution in [3.05, 3.63) is 59.7 Å². The number of hydrogen-bond donors (Lipinski definition) is 0. The number of amides is 1. The Labute approximate surface area is 195 Å². The average molecular weight is 473 g/mol. The summed E-state index contributed by atoms with van der Waals surface area (Å²) in [4.78, 5) is 33.0. The highest BCUT2D eigenvalue weighted by molar-refractivity contribution is 8.38. The molecule has 0 spiro atoms. The molecule has 0 aromatic heterocycles. The standard InChI is InChI=1S/C23H24N2O3S3/c1-16-10-12-25(19-8-4-5-9-20(19)31-16)21(26)14-28-22(27)18-7-3-2-6-17(18)15-30-23-24-11-13-29-23/h2-9,16H,10-15H2,1H3/t16-/m1/s1. The van der Waals surface area contributed by atoms with E-state index in [4.69, 9.17) is 4.74 Å². The summed E-state index contributed by atoms with van der Waals surface area (Å²) in [6, 6.07) is 15.3. The molecule has 4 rings (SSSR count). The molecule has 2 aliphatic rings. The van der Waals surface area contributed by atoms with Crippen molar-refractivity contribution in [2.75, 3.05) is 30.3 Å². The average Bonchev–Trinajstić information content (AvgIpc) is 3.25. The Bertz CT molecular complexity index is 996. The second-order valence-electron chi connectivity index (χ2n) is 7.25. The van der Waals surface area contributed by atoms with E-state index < -0.39 is 5.97 Å². The smallest absolute Gasteiger partial charge is 0.338 e. The summed E-state index contributed by atoms with van der Waals surface area (Å²) in [5.41, 5.74) is 2.29. The number of anilines is 1. The van der Waals surface area contributed by atoms with Crippen LogP contribution in [-0.2, 0) is 15.3 Å². The summed E-state index contributed by atoms with van der Waals surface area (Å²) >= 11 is 5.16. The molecular formula is C23H24N2O3S3. The third-order valence-electron chi connectivity index (χ3n) is 5.02. The number of rotatable bonds is 5. The Balaban J connectivity index is 1.40. The number of carbonyl (C=O) groups excluding carboxylic acids is 2. The highest BCUT2D eigenvalue weighted by Crippen LogP contribution is 2.37. The van der Waals surface area contributed by atoms with E-state index in [1.54, 1.807) is 46.3 Å². The lowest BCUT2D eigenvalue weighted by molar-refractivity contribution is -0.121. The van der Waals surface area contributed by atoms with E-state index in [9.17, 15) is 9.59 Å². The van der Waals surface area contributed by atoms with Crippen LogP contribution in [0.1, 0.15) is 29.3 Å². The number of ether oxygens (including phenoxy) is 1. The Kier molecular flexibility index (Phi) is 7.63. The van der Waals surface area contributed by atoms with E-state index in [2.05, 4.69) is 11.9 Å². The first-order valence-corrected chi connectivity index (χ1v) is 13.1. The van der Waals surface area contributed by atoms with E-state index >= 15 is 0 Å². The zero-order valence-corrected chi connectivity index (χ0v) is 19.7. The molecule has 0 bridgehead atoms. The van der Waals surface area contributed by atoms with Gasteiger partial charge in [0.1, 0.15) is 4.38 Å². The van der Waals surface area contributed by atoms with Crippen LogP contribution < -0.4 is 4.90 Å². The van der Waals surface area contributed by atoms with Crippen molar-refractivity contribution in [1.29, 1.82) is 0 Å². The van der Waals surface area contributed by atoms with Crippen LogP contribution in [0.2, 0.25) is 0 Å². The summed E-state index contributed by atoms with van der Waals surface area (Å²) in [5.74, 6) is 1.01. The van der Waals surface area contributed by atoms with Crippen molar-refractivity contribution >= 4 is 57.2 Å². The number of aliphatic imine (C=N–C) groups is 1. The summed E-state index contributed by atoms with van der Waals surface area (Å²) < 4.78 is 6.52. The van der Waals surface area contributed by atoms with Crippen molar-refractivity contribution in [3.63, 3.8) is 0 Å². The molecule has 162 valence electrons. The van der Waals surface area contributed by atoms with Crippen molar-refractivity contribution in [2.45, 2.75) is 29.2 Å². The van der Waals surface area contributed by atoms with Crippen LogP contribution in [0, 0.1) is 0 Å². The van der Waals surface area contributed by atoms with Crippen LogP contribution >= 0.6 is 35.3 Å². The van der Waals surface area contributed by atoms with Gasteiger partial charge >= 0.3 is 5.97 Å². The predicted octanol–water partition coefficient (Wildman–Crippen LogP) is 5.10. The lowest BCUT2D eigenvalue weighted by atomic mass is 10.1. The van der Waals surface area contributed by atoms with E-state index in [0.29, 0.717) is 23.1 Å². The number of para-hydroxylation sites is 1. The van der Waals surface area contributed by atoms with Crippen LogP contribution in [0.3, 0.4) is 0 Å². The minimum absolute atomic E-state index is 0.195. The third kappa shape index (κ3) is 5.67. The van der Waals surface area contributed by atoms with Crippen molar-refractivity contribution in [2.24, 2.45) is 4.99 Å². The molecule has 2 heterocycles. The second kappa shape index (κ2) is 10.6. The maximum atomic E-state index is 13.0. The molecule has 0 unspecified atom stereocenters. The first-order chi connectivity index (χ1) is 15.1. The van der Waals surface area contributed by atoms with Gasteiger partial charge in [-0.2, -0.15) is 0 Å². The molecule has 5 nitrogen and oxygen atoms in total. The molecule has 8 heteroatoms. The van der Waals surface area contributed by atoms with Crippen LogP contribution in [0.15, 0.2) is 58.4 Å². The Hall–Kier alpha value is -1.90. The van der Waals surface area contributed by atoms with Gasteiger partial charge in [-0.1, -0.05) is 60.8 Å². The topological polar surface area (TPSA) is 59.0 Å². The largest absolute Gasteiger partial charge is 0.452 e. The Morgan fingerprint density at radius 1 is 1.19 bits per heavy atom. The van der Waals surface area contributed by atoms with Crippen molar-refractivity contribution < 1.29 is 14.3 Å². The molecule has 0 saturated heterocycles. The molecule has 2 aliphatic heterocycles. The summed E-state index contributed by atoms with van der Waals surface area (Å²) in [6.45, 7) is 3.38. The maximum absolute atomic E-state index is 13.0. The minimum atomic E-state index is -0.462. The van der Waals surface area contributed by atoms with Gasteiger partial charge in [0.2, 0.25) is 0 Å². The summed E-state index contributed by atoms with van der Waals surface area (Å²) in [5, 5.41) is 0.425. The number of fused-ring (bicyclic) bond motifs is 1. The van der Waals surface area contributed by atoms with Gasteiger partial charge in [-0.25, -0.2) is 4.79 Å². The van der Waals surface area contributed by atoms with Gasteiger partial charge in [0.15, 0.2) is 6.61 Å². The zero-order valence-electron chi connectivity index (χ0n) is 17.3. The fourth-order valence-electron chi connectivity index (χ4n) is 3.42. The SMILES string of the molecule is C[C@@H]1CCN(C(=O)COC(=O)c2ccccc2CSC2=NCCS2)c2ccccc2S1. The molecular weight excluding hydrogens is 448 g/mol. The van der Waals surface area contributed by atoms with Gasteiger partial charge < -0.3 is 9.64 Å². The zero-order chi connectivity index (χ0) is 21.6. The highest BCUT2D eigenvalue weighted by Gasteiger charge is 2.25. The van der Waals surface area contributed by atoms with Crippen LogP contribution in [0.4, 0.5) is 5.69 Å². The van der Waals surface area contributed by atoms with E-state index in [-0.39, 0.29) is 12.5 Å². The fraction of sp³-hybridized carbons (Fsp3) is 0.348. The van der Waals surface area contributed by atoms with Crippen molar-refractivity contribution in [3.8, 4) is 0 Å². The number of esters is 1. The first-order valence-electron chi connectivity index (χ1n) is 10.2. The van der Waals surface area contributed by atoms with Gasteiger partial charge in [0, 0.05) is 28.2 Å². The monoisotopic (exact) mass is 472 g/mol. The lowest BCUT2D eigenvalue weighted by Crippen LogP contribution is -2.35. The normalized spacial score (nSPS) is 18.2. The van der Waals surface area contributed by atoms with Crippen molar-refractivity contribution in [1.82, 2.24) is 0 Å². The molecule has 0 aliphatic carbocycles. The number of benzene rings is 2. The molecule has 2 aromatic carbocycles. The number of nitrogens with zero attached hydrogens (tertiary/aromatic N) is 2. The van der Waals surface area contributed by atoms with Crippen LogP contribution in [0.5, 0.6) is 0 Å². The van der Waals surface area contributed by atoms with Gasteiger partial charge in [-0.05, 0) is 30.2 Å². The van der Waals surface area contributed by atoms with Gasteiger partial charge in [0.25, 0.3) is 5.91 Å².